The summed E-state index contributed by atoms with van der Waals surface area (Å²) in [7, 11) is -9.87. The van der Waals surface area contributed by atoms with Gasteiger partial charge in [-0.15, -0.1) is 0 Å². The Morgan fingerprint density at radius 1 is 0.329 bits per heavy atom. The Balaban J connectivity index is 5.12. The molecule has 3 N–H and O–H groups in total. The van der Waals surface area contributed by atoms with Gasteiger partial charge in [-0.25, -0.2) is 9.13 Å². The van der Waals surface area contributed by atoms with Gasteiger partial charge in [0, 0.05) is 25.7 Å². The van der Waals surface area contributed by atoms with Crippen molar-refractivity contribution in [1.29, 1.82) is 0 Å². The number of hydrogen-bond acceptors (Lipinski definition) is 15. The van der Waals surface area contributed by atoms with Gasteiger partial charge in [-0.3, -0.25) is 37.3 Å². The summed E-state index contributed by atoms with van der Waals surface area (Å²) >= 11 is 0. The van der Waals surface area contributed by atoms with Gasteiger partial charge in [-0.2, -0.15) is 0 Å². The van der Waals surface area contributed by atoms with Gasteiger partial charge in [-0.05, 0) is 31.6 Å². The lowest BCUT2D eigenvalue weighted by Crippen LogP contribution is -2.30. The van der Waals surface area contributed by atoms with Crippen LogP contribution in [0, 0.1) is 5.92 Å². The number of ether oxygens (including phenoxy) is 4. The van der Waals surface area contributed by atoms with E-state index in [4.69, 9.17) is 37.0 Å². The monoisotopic (exact) mass is 1250 g/mol. The summed E-state index contributed by atoms with van der Waals surface area (Å²) in [6.45, 7) is 7.14. The topological polar surface area (TPSA) is 237 Å². The number of phosphoric acid groups is 2. The summed E-state index contributed by atoms with van der Waals surface area (Å²) in [6.07, 6.45) is 44.9. The first kappa shape index (κ1) is 83.1. The maximum atomic E-state index is 13.0. The van der Waals surface area contributed by atoms with Crippen LogP contribution in [0.1, 0.15) is 336 Å². The highest BCUT2D eigenvalue weighted by molar-refractivity contribution is 7.47. The van der Waals surface area contributed by atoms with Crippen molar-refractivity contribution in [3.8, 4) is 0 Å². The minimum atomic E-state index is -4.94. The molecule has 504 valence electrons. The fourth-order valence-corrected chi connectivity index (χ4v) is 11.5. The molecule has 0 saturated carbocycles. The smallest absolute Gasteiger partial charge is 0.462 e. The van der Waals surface area contributed by atoms with Crippen LogP contribution < -0.4 is 0 Å². The van der Waals surface area contributed by atoms with Gasteiger partial charge in [0.2, 0.25) is 0 Å². The summed E-state index contributed by atoms with van der Waals surface area (Å²) in [5.74, 6) is -1.30. The minimum absolute atomic E-state index is 0.103. The summed E-state index contributed by atoms with van der Waals surface area (Å²) in [5, 5.41) is 10.5. The molecule has 0 radical (unpaired) electrons. The van der Waals surface area contributed by atoms with Crippen molar-refractivity contribution in [3.63, 3.8) is 0 Å². The molecule has 19 heteroatoms. The van der Waals surface area contributed by atoms with Crippen molar-refractivity contribution in [1.82, 2.24) is 0 Å². The molecule has 0 aromatic heterocycles. The molecular formula is C66H128O17P2. The Hall–Kier alpha value is -1.94. The molecule has 3 unspecified atom stereocenters. The Kier molecular flexibility index (Phi) is 58.3. The third kappa shape index (κ3) is 59.5. The highest BCUT2D eigenvalue weighted by Crippen LogP contribution is 2.45. The molecule has 0 bridgehead atoms. The molecule has 0 amide bonds. The third-order valence-corrected chi connectivity index (χ3v) is 17.5. The molecule has 0 rings (SSSR count). The largest absolute Gasteiger partial charge is 0.472 e. The van der Waals surface area contributed by atoms with Gasteiger partial charge < -0.3 is 33.8 Å². The van der Waals surface area contributed by atoms with E-state index < -0.39 is 97.5 Å². The first-order chi connectivity index (χ1) is 41.1. The molecule has 0 spiro atoms. The van der Waals surface area contributed by atoms with Crippen molar-refractivity contribution in [2.75, 3.05) is 39.6 Å². The summed E-state index contributed by atoms with van der Waals surface area (Å²) in [5.41, 5.74) is 0. The van der Waals surface area contributed by atoms with Crippen molar-refractivity contribution in [3.05, 3.63) is 0 Å². The van der Waals surface area contributed by atoms with Gasteiger partial charge >= 0.3 is 39.5 Å². The van der Waals surface area contributed by atoms with E-state index >= 15 is 0 Å². The van der Waals surface area contributed by atoms with E-state index in [2.05, 4.69) is 34.6 Å². The molecule has 0 aromatic rings. The molecule has 0 aromatic carbocycles. The molecule has 0 fully saturated rings. The first-order valence-corrected chi connectivity index (χ1v) is 37.7. The quantitative estimate of drug-likeness (QED) is 0.0222. The molecular weight excluding hydrogens is 1130 g/mol. The van der Waals surface area contributed by atoms with Gasteiger partial charge in [0.1, 0.15) is 19.3 Å². The number of carbonyl (C=O) groups is 4. The van der Waals surface area contributed by atoms with Crippen LogP contribution in [0.3, 0.4) is 0 Å². The van der Waals surface area contributed by atoms with Crippen molar-refractivity contribution >= 4 is 39.5 Å². The summed E-state index contributed by atoms with van der Waals surface area (Å²) < 4.78 is 67.8. The minimum Gasteiger partial charge on any atom is -0.462 e. The molecule has 6 atom stereocenters. The van der Waals surface area contributed by atoms with E-state index in [-0.39, 0.29) is 25.7 Å². The zero-order valence-electron chi connectivity index (χ0n) is 54.7. The molecule has 0 aliphatic rings. The zero-order valence-corrected chi connectivity index (χ0v) is 56.5. The number of aliphatic hydroxyl groups is 1. The van der Waals surface area contributed by atoms with E-state index in [1.165, 1.54) is 141 Å². The molecule has 0 saturated heterocycles. The van der Waals surface area contributed by atoms with Gasteiger partial charge in [0.15, 0.2) is 12.2 Å². The molecule has 17 nitrogen and oxygen atoms in total. The van der Waals surface area contributed by atoms with Crippen molar-refractivity contribution < 1.29 is 80.2 Å². The van der Waals surface area contributed by atoms with Crippen LogP contribution in [0.15, 0.2) is 0 Å². The van der Waals surface area contributed by atoms with E-state index in [9.17, 15) is 43.2 Å². The number of rotatable bonds is 66. The summed E-state index contributed by atoms with van der Waals surface area (Å²) in [4.78, 5) is 71.9. The average Bonchev–Trinajstić information content (AvgIpc) is 3.54. The fraction of sp³-hybridized carbons (Fsp3) is 0.939. The van der Waals surface area contributed by atoms with Crippen LogP contribution in [0.25, 0.3) is 0 Å². The number of unbranched alkanes of at least 4 members (excludes halogenated alkanes) is 37. The standard InChI is InChI=1S/C66H128O17P2/c1-6-10-13-16-18-19-20-21-22-26-29-32-36-40-45-50-64(69)77-56-62(83-66(71)52-47-42-37-33-30-27-24-23-25-28-31-35-39-43-48-59(5)9-4)58-81-85(74,75)79-54-60(67)53-78-84(72,73)80-57-61(55-76-63(68)49-44-38-15-12-8-3)82-65(70)51-46-41-34-17-14-11-7-2/h59-62,67H,6-58H2,1-5H3,(H,72,73)(H,74,75)/t59?,60-,61+,62+/m0/s1. The Labute approximate surface area is 517 Å². The second-order valence-corrected chi connectivity index (χ2v) is 27.0. The fourth-order valence-electron chi connectivity index (χ4n) is 9.90. The van der Waals surface area contributed by atoms with E-state index in [1.807, 2.05) is 0 Å². The normalized spacial score (nSPS) is 14.5. The van der Waals surface area contributed by atoms with Crippen LogP contribution in [-0.4, -0.2) is 96.7 Å². The molecule has 0 heterocycles. The summed E-state index contributed by atoms with van der Waals surface area (Å²) in [6, 6.07) is 0. The number of aliphatic hydroxyl groups excluding tert-OH is 1. The Morgan fingerprint density at radius 2 is 0.565 bits per heavy atom. The van der Waals surface area contributed by atoms with Gasteiger partial charge in [-0.1, -0.05) is 285 Å². The van der Waals surface area contributed by atoms with E-state index in [1.54, 1.807) is 0 Å². The predicted molar refractivity (Wildman–Crippen MR) is 340 cm³/mol. The van der Waals surface area contributed by atoms with E-state index in [0.29, 0.717) is 25.7 Å². The maximum Gasteiger partial charge on any atom is 0.472 e. The van der Waals surface area contributed by atoms with Crippen LogP contribution in [-0.2, 0) is 65.4 Å². The van der Waals surface area contributed by atoms with Crippen molar-refractivity contribution in [2.45, 2.75) is 355 Å². The lowest BCUT2D eigenvalue weighted by molar-refractivity contribution is -0.161. The van der Waals surface area contributed by atoms with Crippen LogP contribution in [0.5, 0.6) is 0 Å². The number of esters is 4. The molecule has 85 heavy (non-hydrogen) atoms. The predicted octanol–water partition coefficient (Wildman–Crippen LogP) is 18.6. The third-order valence-electron chi connectivity index (χ3n) is 15.6. The zero-order chi connectivity index (χ0) is 62.8. The number of hydrogen-bond donors (Lipinski definition) is 3. The van der Waals surface area contributed by atoms with Crippen LogP contribution in [0.4, 0.5) is 0 Å². The number of phosphoric ester groups is 2. The SMILES string of the molecule is CCCCCCCCCCCCCCCCCC(=O)OC[C@H](COP(=O)(O)OC[C@@H](O)COP(=O)(O)OC[C@@H](COC(=O)CCCCCCC)OC(=O)CCCCCCCCC)OC(=O)CCCCCCCCCCCCCCCCC(C)CC. The number of carbonyl (C=O) groups excluding carboxylic acids is 4. The van der Waals surface area contributed by atoms with Crippen molar-refractivity contribution in [2.24, 2.45) is 5.92 Å². The second kappa shape index (κ2) is 59.7. The highest BCUT2D eigenvalue weighted by Gasteiger charge is 2.30. The van der Waals surface area contributed by atoms with Gasteiger partial charge in [0.05, 0.1) is 26.4 Å². The maximum absolute atomic E-state index is 13.0. The highest BCUT2D eigenvalue weighted by atomic mass is 31.2. The van der Waals surface area contributed by atoms with Gasteiger partial charge in [0.25, 0.3) is 0 Å². The van der Waals surface area contributed by atoms with Crippen LogP contribution in [0.2, 0.25) is 0 Å². The molecule has 0 aliphatic heterocycles. The first-order valence-electron chi connectivity index (χ1n) is 34.7. The second-order valence-electron chi connectivity index (χ2n) is 24.1. The lowest BCUT2D eigenvalue weighted by Gasteiger charge is -2.21. The van der Waals surface area contributed by atoms with Crippen LogP contribution >= 0.6 is 15.6 Å². The van der Waals surface area contributed by atoms with E-state index in [0.717, 1.165) is 115 Å². The lowest BCUT2D eigenvalue weighted by atomic mass is 9.99. The average molecular weight is 1260 g/mol. The Bertz CT molecular complexity index is 1650. The molecule has 0 aliphatic carbocycles. The Morgan fingerprint density at radius 3 is 0.835 bits per heavy atom.